The van der Waals surface area contributed by atoms with Crippen LogP contribution in [0.1, 0.15) is 38.8 Å². The van der Waals surface area contributed by atoms with Crippen LogP contribution in [0.15, 0.2) is 35.2 Å². The summed E-state index contributed by atoms with van der Waals surface area (Å²) in [5.41, 5.74) is 1.74. The summed E-state index contributed by atoms with van der Waals surface area (Å²) in [6.07, 6.45) is 0. The SMILES string of the molecule is CCOc1c(C)cc(S(=O)(=O)Nc2ccc3c(c2)N(CC)C(=O)C(C)(C)CO3)cc1C. The smallest absolute Gasteiger partial charge is 0.261 e. The number of nitrogens with zero attached hydrogens (tertiary/aromatic N) is 1. The first-order valence-corrected chi connectivity index (χ1v) is 11.8. The van der Waals surface area contributed by atoms with Crippen LogP contribution in [-0.2, 0) is 14.8 Å². The van der Waals surface area contributed by atoms with Gasteiger partial charge in [0, 0.05) is 6.54 Å². The lowest BCUT2D eigenvalue weighted by atomic mass is 9.93. The lowest BCUT2D eigenvalue weighted by Gasteiger charge is -2.27. The first kappa shape index (κ1) is 22.9. The molecule has 0 saturated carbocycles. The average molecular weight is 447 g/mol. The molecule has 0 saturated heterocycles. The monoisotopic (exact) mass is 446 g/mol. The summed E-state index contributed by atoms with van der Waals surface area (Å²) in [7, 11) is -3.84. The minimum Gasteiger partial charge on any atom is -0.493 e. The fourth-order valence-electron chi connectivity index (χ4n) is 3.67. The first-order chi connectivity index (χ1) is 14.5. The number of fused-ring (bicyclic) bond motifs is 1. The second kappa shape index (κ2) is 8.42. The van der Waals surface area contributed by atoms with Gasteiger partial charge in [-0.3, -0.25) is 9.52 Å². The largest absolute Gasteiger partial charge is 0.493 e. The molecule has 168 valence electrons. The lowest BCUT2D eigenvalue weighted by Crippen LogP contribution is -2.42. The molecule has 0 unspecified atom stereocenters. The van der Waals surface area contributed by atoms with E-state index in [2.05, 4.69) is 4.72 Å². The van der Waals surface area contributed by atoms with Gasteiger partial charge in [0.15, 0.2) is 0 Å². The highest BCUT2D eigenvalue weighted by Crippen LogP contribution is 2.38. The van der Waals surface area contributed by atoms with Crippen LogP contribution in [-0.4, -0.2) is 34.1 Å². The summed E-state index contributed by atoms with van der Waals surface area (Å²) in [4.78, 5) is 14.7. The number of carbonyl (C=O) groups excluding carboxylic acids is 1. The molecule has 31 heavy (non-hydrogen) atoms. The third-order valence-corrected chi connectivity index (χ3v) is 6.62. The minimum absolute atomic E-state index is 0.0634. The van der Waals surface area contributed by atoms with E-state index in [1.165, 1.54) is 0 Å². The van der Waals surface area contributed by atoms with E-state index in [0.29, 0.717) is 36.0 Å². The number of amides is 1. The van der Waals surface area contributed by atoms with Crippen LogP contribution in [0.25, 0.3) is 0 Å². The van der Waals surface area contributed by atoms with Crippen molar-refractivity contribution in [3.8, 4) is 11.5 Å². The maximum absolute atomic E-state index is 13.1. The molecule has 0 aromatic heterocycles. The van der Waals surface area contributed by atoms with E-state index in [9.17, 15) is 13.2 Å². The van der Waals surface area contributed by atoms with Gasteiger partial charge in [0.1, 0.15) is 18.1 Å². The quantitative estimate of drug-likeness (QED) is 0.716. The Kier molecular flexibility index (Phi) is 6.23. The van der Waals surface area contributed by atoms with Gasteiger partial charge in [-0.25, -0.2) is 8.42 Å². The Labute approximate surface area is 184 Å². The van der Waals surface area contributed by atoms with Gasteiger partial charge < -0.3 is 14.4 Å². The Morgan fingerprint density at radius 3 is 2.35 bits per heavy atom. The fraction of sp³-hybridized carbons (Fsp3) is 0.435. The van der Waals surface area contributed by atoms with Crippen molar-refractivity contribution < 1.29 is 22.7 Å². The van der Waals surface area contributed by atoms with E-state index in [0.717, 1.165) is 11.1 Å². The van der Waals surface area contributed by atoms with E-state index < -0.39 is 15.4 Å². The number of aryl methyl sites for hydroxylation is 2. The molecular formula is C23H30N2O5S. The standard InChI is InChI=1S/C23H30N2O5S/c1-7-25-19-13-17(9-10-20(19)30-14-23(5,6)22(25)26)24-31(27,28)18-11-15(3)21(29-8-2)16(4)12-18/h9-13,24H,7-8,14H2,1-6H3. The molecule has 0 aliphatic carbocycles. The van der Waals surface area contributed by atoms with Crippen LogP contribution in [0.5, 0.6) is 11.5 Å². The van der Waals surface area contributed by atoms with Gasteiger partial charge in [0.2, 0.25) is 5.91 Å². The topological polar surface area (TPSA) is 84.9 Å². The number of anilines is 2. The predicted octanol–water partition coefficient (Wildman–Crippen LogP) is 4.27. The number of nitrogens with one attached hydrogen (secondary N) is 1. The molecule has 7 nitrogen and oxygen atoms in total. The number of carbonyl (C=O) groups is 1. The van der Waals surface area contributed by atoms with E-state index in [4.69, 9.17) is 9.47 Å². The number of hydrogen-bond acceptors (Lipinski definition) is 5. The van der Waals surface area contributed by atoms with Gasteiger partial charge in [-0.15, -0.1) is 0 Å². The highest BCUT2D eigenvalue weighted by atomic mass is 32.2. The van der Waals surface area contributed by atoms with Gasteiger partial charge in [0.25, 0.3) is 10.0 Å². The zero-order valence-electron chi connectivity index (χ0n) is 18.9. The maximum Gasteiger partial charge on any atom is 0.261 e. The summed E-state index contributed by atoms with van der Waals surface area (Å²) in [6, 6.07) is 8.17. The van der Waals surface area contributed by atoms with Crippen molar-refractivity contribution in [1.82, 2.24) is 0 Å². The normalized spacial score (nSPS) is 15.7. The van der Waals surface area contributed by atoms with Crippen molar-refractivity contribution in [2.75, 3.05) is 29.4 Å². The van der Waals surface area contributed by atoms with E-state index >= 15 is 0 Å². The molecule has 0 atom stereocenters. The molecule has 3 rings (SSSR count). The van der Waals surface area contributed by atoms with Crippen molar-refractivity contribution in [3.05, 3.63) is 41.5 Å². The molecule has 1 N–H and O–H groups in total. The van der Waals surface area contributed by atoms with Gasteiger partial charge >= 0.3 is 0 Å². The summed E-state index contributed by atoms with van der Waals surface area (Å²) >= 11 is 0. The van der Waals surface area contributed by atoms with Crippen LogP contribution in [0, 0.1) is 19.3 Å². The Hall–Kier alpha value is -2.74. The molecule has 0 spiro atoms. The molecule has 1 aliphatic heterocycles. The van der Waals surface area contributed by atoms with Crippen LogP contribution in [0.4, 0.5) is 11.4 Å². The van der Waals surface area contributed by atoms with Crippen molar-refractivity contribution >= 4 is 27.3 Å². The molecular weight excluding hydrogens is 416 g/mol. The molecule has 1 aliphatic rings. The zero-order chi connectivity index (χ0) is 23.0. The summed E-state index contributed by atoms with van der Waals surface area (Å²) in [6.45, 7) is 12.3. The van der Waals surface area contributed by atoms with Crippen LogP contribution in [0.3, 0.4) is 0 Å². The van der Waals surface area contributed by atoms with E-state index in [1.54, 1.807) is 35.2 Å². The molecule has 2 aromatic carbocycles. The third kappa shape index (κ3) is 4.49. The summed E-state index contributed by atoms with van der Waals surface area (Å²) in [5.74, 6) is 1.19. The maximum atomic E-state index is 13.1. The molecule has 8 heteroatoms. The van der Waals surface area contributed by atoms with Crippen molar-refractivity contribution in [3.63, 3.8) is 0 Å². The van der Waals surface area contributed by atoms with Crippen LogP contribution in [0.2, 0.25) is 0 Å². The van der Waals surface area contributed by atoms with E-state index in [1.807, 2.05) is 41.5 Å². The van der Waals surface area contributed by atoms with Crippen LogP contribution >= 0.6 is 0 Å². The minimum atomic E-state index is -3.84. The Bertz CT molecular complexity index is 1090. The molecule has 2 aromatic rings. The van der Waals surface area contributed by atoms with Crippen molar-refractivity contribution in [2.45, 2.75) is 46.4 Å². The number of rotatable bonds is 6. The number of ether oxygens (including phenoxy) is 2. The first-order valence-electron chi connectivity index (χ1n) is 10.4. The Morgan fingerprint density at radius 2 is 1.77 bits per heavy atom. The summed E-state index contributed by atoms with van der Waals surface area (Å²) < 4.78 is 40.2. The Morgan fingerprint density at radius 1 is 1.13 bits per heavy atom. The molecule has 0 bridgehead atoms. The molecule has 1 amide bonds. The highest BCUT2D eigenvalue weighted by Gasteiger charge is 2.37. The average Bonchev–Trinajstić information content (AvgIpc) is 2.78. The van der Waals surface area contributed by atoms with Crippen LogP contribution < -0.4 is 19.1 Å². The Balaban J connectivity index is 1.97. The van der Waals surface area contributed by atoms with Crippen molar-refractivity contribution in [1.29, 1.82) is 0 Å². The zero-order valence-corrected chi connectivity index (χ0v) is 19.7. The van der Waals surface area contributed by atoms with Gasteiger partial charge in [-0.2, -0.15) is 0 Å². The fourth-order valence-corrected chi connectivity index (χ4v) is 4.89. The lowest BCUT2D eigenvalue weighted by molar-refractivity contribution is -0.127. The molecule has 0 radical (unpaired) electrons. The molecule has 0 fully saturated rings. The van der Waals surface area contributed by atoms with E-state index in [-0.39, 0.29) is 17.4 Å². The predicted molar refractivity (Wildman–Crippen MR) is 122 cm³/mol. The second-order valence-electron chi connectivity index (χ2n) is 8.33. The number of benzene rings is 2. The third-order valence-electron chi connectivity index (χ3n) is 5.26. The number of sulfonamides is 1. The van der Waals surface area contributed by atoms with Gasteiger partial charge in [-0.05, 0) is 83.0 Å². The van der Waals surface area contributed by atoms with Gasteiger partial charge in [0.05, 0.1) is 28.3 Å². The second-order valence-corrected chi connectivity index (χ2v) is 10.0. The van der Waals surface area contributed by atoms with Gasteiger partial charge in [-0.1, -0.05) is 0 Å². The highest BCUT2D eigenvalue weighted by molar-refractivity contribution is 7.92. The summed E-state index contributed by atoms with van der Waals surface area (Å²) in [5, 5.41) is 0. The van der Waals surface area contributed by atoms with Crippen molar-refractivity contribution in [2.24, 2.45) is 5.41 Å². The number of hydrogen-bond donors (Lipinski definition) is 1. The molecule has 1 heterocycles.